The monoisotopic (exact) mass is 305 g/mol. The van der Waals surface area contributed by atoms with Crippen molar-refractivity contribution in [2.24, 2.45) is 5.73 Å². The summed E-state index contributed by atoms with van der Waals surface area (Å²) in [6.07, 6.45) is 4.42. The summed E-state index contributed by atoms with van der Waals surface area (Å²) in [7, 11) is 0. The predicted molar refractivity (Wildman–Crippen MR) is 80.0 cm³/mol. The van der Waals surface area contributed by atoms with Gasteiger partial charge in [0.25, 0.3) is 0 Å². The molecule has 110 valence electrons. The number of Topliss-reactive ketones (excluding diaryl/α,β-unsaturated/α-hetero) is 1. The molecule has 0 spiro atoms. The van der Waals surface area contributed by atoms with Gasteiger partial charge in [-0.3, -0.25) is 4.79 Å². The molecule has 1 aromatic heterocycles. The van der Waals surface area contributed by atoms with Crippen molar-refractivity contribution in [1.82, 2.24) is 9.55 Å². The molecule has 0 fully saturated rings. The standard InChI is InChI=1S/C15H16ClN3O2/c16-12-5-10-1-4-21-15(10)11(6-12)7-14(20)13-8-19(3-2-17)9-18-13/h5-6,8-9H,1-4,7,17H2. The maximum absolute atomic E-state index is 12.3. The van der Waals surface area contributed by atoms with Gasteiger partial charge in [0.15, 0.2) is 5.78 Å². The van der Waals surface area contributed by atoms with Crippen LogP contribution in [0.3, 0.4) is 0 Å². The predicted octanol–water partition coefficient (Wildman–Crippen LogP) is 1.86. The minimum absolute atomic E-state index is 0.0502. The second-order valence-electron chi connectivity index (χ2n) is 5.04. The number of nitrogens with two attached hydrogens (primary N) is 1. The Kier molecular flexibility index (Phi) is 3.94. The summed E-state index contributed by atoms with van der Waals surface area (Å²) in [6, 6.07) is 3.69. The molecule has 5 nitrogen and oxygen atoms in total. The summed E-state index contributed by atoms with van der Waals surface area (Å²) in [5.74, 6) is 0.750. The Labute approximate surface area is 127 Å². The normalized spacial score (nSPS) is 13.0. The molecule has 6 heteroatoms. The van der Waals surface area contributed by atoms with E-state index in [2.05, 4.69) is 4.98 Å². The van der Waals surface area contributed by atoms with Gasteiger partial charge in [0.05, 0.1) is 12.9 Å². The number of halogens is 1. The maximum atomic E-state index is 12.3. The number of imidazole rings is 1. The lowest BCUT2D eigenvalue weighted by Crippen LogP contribution is -2.08. The van der Waals surface area contributed by atoms with Gasteiger partial charge in [0, 0.05) is 42.7 Å². The van der Waals surface area contributed by atoms with Crippen molar-refractivity contribution in [3.63, 3.8) is 0 Å². The molecule has 0 bridgehead atoms. The number of hydrogen-bond acceptors (Lipinski definition) is 4. The number of carbonyl (C=O) groups is 1. The van der Waals surface area contributed by atoms with Gasteiger partial charge in [-0.05, 0) is 17.7 Å². The molecule has 1 aliphatic heterocycles. The van der Waals surface area contributed by atoms with E-state index in [4.69, 9.17) is 22.1 Å². The van der Waals surface area contributed by atoms with Crippen LogP contribution in [-0.2, 0) is 19.4 Å². The van der Waals surface area contributed by atoms with E-state index in [1.54, 1.807) is 18.6 Å². The molecule has 2 heterocycles. The maximum Gasteiger partial charge on any atom is 0.187 e. The van der Waals surface area contributed by atoms with Gasteiger partial charge >= 0.3 is 0 Å². The molecule has 21 heavy (non-hydrogen) atoms. The fraction of sp³-hybridized carbons (Fsp3) is 0.333. The largest absolute Gasteiger partial charge is 0.493 e. The molecule has 1 aromatic carbocycles. The molecule has 2 N–H and O–H groups in total. The number of aromatic nitrogens is 2. The molecule has 2 aromatic rings. The minimum atomic E-state index is -0.0502. The highest BCUT2D eigenvalue weighted by molar-refractivity contribution is 6.30. The summed E-state index contributed by atoms with van der Waals surface area (Å²) in [4.78, 5) is 16.5. The van der Waals surface area contributed by atoms with Gasteiger partial charge in [-0.15, -0.1) is 0 Å². The number of ketones is 1. The quantitative estimate of drug-likeness (QED) is 0.856. The summed E-state index contributed by atoms with van der Waals surface area (Å²) >= 11 is 6.10. The van der Waals surface area contributed by atoms with E-state index in [-0.39, 0.29) is 12.2 Å². The van der Waals surface area contributed by atoms with Crippen LogP contribution in [0.5, 0.6) is 5.75 Å². The van der Waals surface area contributed by atoms with Gasteiger partial charge in [-0.2, -0.15) is 0 Å². The Hall–Kier alpha value is -1.85. The molecule has 0 radical (unpaired) electrons. The Morgan fingerprint density at radius 1 is 1.48 bits per heavy atom. The molecule has 0 unspecified atom stereocenters. The number of rotatable bonds is 5. The van der Waals surface area contributed by atoms with Crippen LogP contribution in [0.1, 0.15) is 21.6 Å². The average Bonchev–Trinajstić information content (AvgIpc) is 3.07. The lowest BCUT2D eigenvalue weighted by molar-refractivity contribution is 0.0987. The molecular weight excluding hydrogens is 290 g/mol. The van der Waals surface area contributed by atoms with Crippen molar-refractivity contribution in [2.45, 2.75) is 19.4 Å². The Morgan fingerprint density at radius 3 is 3.14 bits per heavy atom. The fourth-order valence-electron chi connectivity index (χ4n) is 2.52. The first-order valence-electron chi connectivity index (χ1n) is 6.86. The van der Waals surface area contributed by atoms with Crippen molar-refractivity contribution in [2.75, 3.05) is 13.2 Å². The second kappa shape index (κ2) is 5.87. The molecule has 3 rings (SSSR count). The van der Waals surface area contributed by atoms with Crippen molar-refractivity contribution < 1.29 is 9.53 Å². The summed E-state index contributed by atoms with van der Waals surface area (Å²) in [5.41, 5.74) is 7.82. The van der Waals surface area contributed by atoms with E-state index in [1.807, 2.05) is 10.6 Å². The Morgan fingerprint density at radius 2 is 2.33 bits per heavy atom. The third-order valence-electron chi connectivity index (χ3n) is 3.48. The first-order valence-corrected chi connectivity index (χ1v) is 7.24. The number of hydrogen-bond donors (Lipinski definition) is 1. The summed E-state index contributed by atoms with van der Waals surface area (Å²) in [5, 5.41) is 0.635. The van der Waals surface area contributed by atoms with E-state index in [0.29, 0.717) is 30.4 Å². The number of ether oxygens (including phenoxy) is 1. The van der Waals surface area contributed by atoms with Gasteiger partial charge in [0.1, 0.15) is 11.4 Å². The van der Waals surface area contributed by atoms with Crippen molar-refractivity contribution in [3.05, 3.63) is 46.5 Å². The first-order chi connectivity index (χ1) is 10.2. The summed E-state index contributed by atoms with van der Waals surface area (Å²) < 4.78 is 7.42. The van der Waals surface area contributed by atoms with Crippen LogP contribution in [0.2, 0.25) is 5.02 Å². The van der Waals surface area contributed by atoms with Crippen LogP contribution in [-0.4, -0.2) is 28.5 Å². The zero-order chi connectivity index (χ0) is 14.8. The molecule has 0 saturated heterocycles. The van der Waals surface area contributed by atoms with Crippen LogP contribution < -0.4 is 10.5 Å². The lowest BCUT2D eigenvalue weighted by atomic mass is 10.0. The SMILES string of the molecule is NCCn1cnc(C(=O)Cc2cc(Cl)cc3c2OCC3)c1. The Bertz CT molecular complexity index is 682. The zero-order valence-corrected chi connectivity index (χ0v) is 12.3. The number of fused-ring (bicyclic) bond motifs is 1. The van der Waals surface area contributed by atoms with Crippen LogP contribution in [0.4, 0.5) is 0 Å². The lowest BCUT2D eigenvalue weighted by Gasteiger charge is -2.07. The van der Waals surface area contributed by atoms with Crippen molar-refractivity contribution in [1.29, 1.82) is 0 Å². The van der Waals surface area contributed by atoms with Gasteiger partial charge in [-0.25, -0.2) is 4.98 Å². The van der Waals surface area contributed by atoms with E-state index in [9.17, 15) is 4.79 Å². The van der Waals surface area contributed by atoms with Crippen molar-refractivity contribution in [3.8, 4) is 5.75 Å². The molecule has 0 amide bonds. The van der Waals surface area contributed by atoms with Crippen molar-refractivity contribution >= 4 is 17.4 Å². The van der Waals surface area contributed by atoms with Crippen LogP contribution >= 0.6 is 11.6 Å². The van der Waals surface area contributed by atoms with E-state index in [1.165, 1.54) is 0 Å². The molecule has 0 saturated carbocycles. The minimum Gasteiger partial charge on any atom is -0.493 e. The topological polar surface area (TPSA) is 70.1 Å². The highest BCUT2D eigenvalue weighted by Gasteiger charge is 2.20. The Balaban J connectivity index is 1.81. The smallest absolute Gasteiger partial charge is 0.187 e. The highest BCUT2D eigenvalue weighted by Crippen LogP contribution is 2.33. The van der Waals surface area contributed by atoms with Crippen LogP contribution in [0.25, 0.3) is 0 Å². The van der Waals surface area contributed by atoms with Gasteiger partial charge in [-0.1, -0.05) is 11.6 Å². The van der Waals surface area contributed by atoms with E-state index >= 15 is 0 Å². The third kappa shape index (κ3) is 2.94. The third-order valence-corrected chi connectivity index (χ3v) is 3.70. The average molecular weight is 306 g/mol. The van der Waals surface area contributed by atoms with Crippen LogP contribution in [0, 0.1) is 0 Å². The number of nitrogens with zero attached hydrogens (tertiary/aromatic N) is 2. The van der Waals surface area contributed by atoms with Crippen LogP contribution in [0.15, 0.2) is 24.7 Å². The zero-order valence-electron chi connectivity index (χ0n) is 11.5. The van der Waals surface area contributed by atoms with E-state index in [0.717, 1.165) is 23.3 Å². The first kappa shape index (κ1) is 14.1. The molecule has 0 aliphatic carbocycles. The number of benzene rings is 1. The molecular formula is C15H16ClN3O2. The van der Waals surface area contributed by atoms with E-state index < -0.39 is 0 Å². The molecule has 0 atom stereocenters. The summed E-state index contributed by atoms with van der Waals surface area (Å²) in [6.45, 7) is 1.80. The molecule has 1 aliphatic rings. The fourth-order valence-corrected chi connectivity index (χ4v) is 2.78. The number of carbonyl (C=O) groups excluding carboxylic acids is 1. The second-order valence-corrected chi connectivity index (χ2v) is 5.47. The van der Waals surface area contributed by atoms with Gasteiger partial charge < -0.3 is 15.0 Å². The van der Waals surface area contributed by atoms with Gasteiger partial charge in [0.2, 0.25) is 0 Å². The highest BCUT2D eigenvalue weighted by atomic mass is 35.5.